The fourth-order valence-corrected chi connectivity index (χ4v) is 6.88. The second-order valence-electron chi connectivity index (χ2n) is 14.7. The third-order valence-corrected chi connectivity index (χ3v) is 10.4. The Morgan fingerprint density at radius 1 is 0.577 bits per heavy atom. The normalized spacial score (nSPS) is 13.4. The first-order valence-corrected chi connectivity index (χ1v) is 23.2. The van der Waals surface area contributed by atoms with Gasteiger partial charge in [-0.1, -0.05) is 180 Å². The monoisotopic (exact) mass is 760 g/mol. The second kappa shape index (κ2) is 39.4. The molecular weight excluding hydrogens is 677 g/mol. The highest BCUT2D eigenvalue weighted by Crippen LogP contribution is 2.42. The highest BCUT2D eigenvalue weighted by molar-refractivity contribution is 7.47. The molecule has 0 fully saturated rings. The molecule has 2 unspecified atom stereocenters. The zero-order valence-electron chi connectivity index (χ0n) is 33.8. The largest absolute Gasteiger partial charge is 0.472 e. The molecule has 0 saturated carbocycles. The van der Waals surface area contributed by atoms with Gasteiger partial charge in [0, 0.05) is 19.4 Å². The van der Waals surface area contributed by atoms with E-state index in [1.54, 1.807) is 0 Å². The summed E-state index contributed by atoms with van der Waals surface area (Å²) in [4.78, 5) is 33.8. The van der Waals surface area contributed by atoms with Gasteiger partial charge in [-0.2, -0.15) is 0 Å². The molecule has 0 radical (unpaired) electrons. The number of rotatable bonds is 41. The van der Waals surface area contributed by atoms with E-state index in [4.69, 9.17) is 13.8 Å². The number of allylic oxidation sites excluding steroid dienone is 2. The quantitative estimate of drug-likeness (QED) is 0.0243. The highest BCUT2D eigenvalue weighted by Gasteiger charge is 2.23. The van der Waals surface area contributed by atoms with Crippen LogP contribution in [0.15, 0.2) is 12.2 Å². The number of carbonyl (C=O) groups is 2. The van der Waals surface area contributed by atoms with E-state index >= 15 is 0 Å². The number of nitrogens with one attached hydrogen (secondary N) is 1. The van der Waals surface area contributed by atoms with Crippen molar-refractivity contribution in [3.05, 3.63) is 12.2 Å². The van der Waals surface area contributed by atoms with Crippen LogP contribution in [0.3, 0.4) is 0 Å². The lowest BCUT2D eigenvalue weighted by molar-refractivity contribution is -0.147. The minimum atomic E-state index is -4.41. The predicted octanol–water partition coefficient (Wildman–Crippen LogP) is 11.8. The van der Waals surface area contributed by atoms with Gasteiger partial charge >= 0.3 is 13.8 Å². The molecule has 308 valence electrons. The molecule has 0 saturated heterocycles. The van der Waals surface area contributed by atoms with Gasteiger partial charge in [-0.25, -0.2) is 4.57 Å². The number of phosphoric acid groups is 1. The van der Waals surface area contributed by atoms with Gasteiger partial charge in [0.1, 0.15) is 12.7 Å². The maximum atomic E-state index is 12.1. The van der Waals surface area contributed by atoms with Crippen molar-refractivity contribution in [3.63, 3.8) is 0 Å². The minimum Gasteiger partial charge on any atom is -0.463 e. The molecule has 3 N–H and O–H groups in total. The van der Waals surface area contributed by atoms with Crippen LogP contribution in [0.2, 0.25) is 0 Å². The van der Waals surface area contributed by atoms with Crippen molar-refractivity contribution >= 4 is 19.7 Å². The maximum Gasteiger partial charge on any atom is 0.472 e. The third kappa shape index (κ3) is 39.9. The smallest absolute Gasteiger partial charge is 0.463 e. The second-order valence-corrected chi connectivity index (χ2v) is 16.1. The standard InChI is InChI=1S/C42H82NO8P/c1-3-5-7-9-11-13-15-16-17-18-19-20-21-22-23-25-27-29-31-33-35-42(46)49-38-40(44)39-51-52(47,48)50-37-36-43-41(45)34-32-30-28-26-24-14-12-10-8-6-4-2/h10,12,40,44H,3-9,11,13-39H2,1-2H3,(H,43,45)(H,47,48)/b12-10-. The van der Waals surface area contributed by atoms with Crippen molar-refractivity contribution in [2.45, 2.75) is 219 Å². The first-order valence-electron chi connectivity index (χ1n) is 21.7. The van der Waals surface area contributed by atoms with Gasteiger partial charge in [-0.15, -0.1) is 0 Å². The van der Waals surface area contributed by atoms with Gasteiger partial charge in [0.25, 0.3) is 0 Å². The van der Waals surface area contributed by atoms with Gasteiger partial charge in [-0.05, 0) is 32.1 Å². The van der Waals surface area contributed by atoms with Gasteiger partial charge in [0.05, 0.1) is 13.2 Å². The summed E-state index contributed by atoms with van der Waals surface area (Å²) in [6, 6.07) is 0. The molecule has 52 heavy (non-hydrogen) atoms. The molecule has 0 heterocycles. The minimum absolute atomic E-state index is 0.0801. The predicted molar refractivity (Wildman–Crippen MR) is 215 cm³/mol. The number of phosphoric ester groups is 1. The van der Waals surface area contributed by atoms with Crippen molar-refractivity contribution in [1.29, 1.82) is 0 Å². The molecule has 1 amide bonds. The molecule has 0 aliphatic carbocycles. The van der Waals surface area contributed by atoms with E-state index in [1.807, 2.05) is 0 Å². The van der Waals surface area contributed by atoms with Crippen LogP contribution in [-0.2, 0) is 27.9 Å². The summed E-state index contributed by atoms with van der Waals surface area (Å²) < 4.78 is 26.8. The Labute approximate surface area is 319 Å². The summed E-state index contributed by atoms with van der Waals surface area (Å²) in [6.45, 7) is 3.53. The Bertz CT molecular complexity index is 871. The number of unbranched alkanes of at least 4 members (excludes halogenated alkanes) is 26. The summed E-state index contributed by atoms with van der Waals surface area (Å²) in [5.74, 6) is -0.519. The van der Waals surface area contributed by atoms with Crippen LogP contribution in [0, 0.1) is 0 Å². The van der Waals surface area contributed by atoms with Crippen molar-refractivity contribution in [3.8, 4) is 0 Å². The van der Waals surface area contributed by atoms with Gasteiger partial charge < -0.3 is 20.1 Å². The van der Waals surface area contributed by atoms with E-state index in [2.05, 4.69) is 31.3 Å². The SMILES string of the molecule is CCCC/C=C\CCCCCCCC(=O)NCCOP(=O)(O)OCC(O)COC(=O)CCCCCCCCCCCCCCCCCCCCCC. The molecule has 0 rings (SSSR count). The maximum absolute atomic E-state index is 12.1. The van der Waals surface area contributed by atoms with Crippen LogP contribution >= 0.6 is 7.82 Å². The number of carbonyl (C=O) groups excluding carboxylic acids is 2. The highest BCUT2D eigenvalue weighted by atomic mass is 31.2. The van der Waals surface area contributed by atoms with Gasteiger partial charge in [0.15, 0.2) is 0 Å². The fraction of sp³-hybridized carbons (Fsp3) is 0.905. The van der Waals surface area contributed by atoms with Crippen molar-refractivity contribution in [2.24, 2.45) is 0 Å². The number of hydrogen-bond acceptors (Lipinski definition) is 7. The van der Waals surface area contributed by atoms with E-state index in [1.165, 1.54) is 135 Å². The molecule has 0 aliphatic rings. The number of aliphatic hydroxyl groups is 1. The van der Waals surface area contributed by atoms with E-state index in [-0.39, 0.29) is 32.1 Å². The third-order valence-electron chi connectivity index (χ3n) is 9.45. The van der Waals surface area contributed by atoms with Crippen LogP contribution in [0.25, 0.3) is 0 Å². The average Bonchev–Trinajstić information content (AvgIpc) is 3.13. The topological polar surface area (TPSA) is 131 Å². The van der Waals surface area contributed by atoms with Gasteiger partial charge in [0.2, 0.25) is 5.91 Å². The number of esters is 1. The summed E-state index contributed by atoms with van der Waals surface area (Å²) in [7, 11) is -4.41. The molecule has 0 aromatic carbocycles. The summed E-state index contributed by atoms with van der Waals surface area (Å²) >= 11 is 0. The number of hydrogen-bond donors (Lipinski definition) is 3. The Morgan fingerprint density at radius 2 is 1.00 bits per heavy atom. The zero-order valence-corrected chi connectivity index (χ0v) is 34.7. The fourth-order valence-electron chi connectivity index (χ4n) is 6.13. The number of amides is 1. The van der Waals surface area contributed by atoms with E-state index in [0.29, 0.717) is 6.42 Å². The summed E-state index contributed by atoms with van der Waals surface area (Å²) in [5.41, 5.74) is 0. The first-order chi connectivity index (χ1) is 25.3. The van der Waals surface area contributed by atoms with E-state index < -0.39 is 26.5 Å². The Hall–Kier alpha value is -1.25. The lowest BCUT2D eigenvalue weighted by Crippen LogP contribution is -2.27. The van der Waals surface area contributed by atoms with Crippen molar-refractivity contribution < 1.29 is 37.9 Å². The summed E-state index contributed by atoms with van der Waals surface area (Å²) in [6.07, 6.45) is 40.1. The molecule has 10 heteroatoms. The molecular formula is C42H82NO8P. The lowest BCUT2D eigenvalue weighted by atomic mass is 10.0. The van der Waals surface area contributed by atoms with Crippen LogP contribution in [0.1, 0.15) is 213 Å². The van der Waals surface area contributed by atoms with Crippen molar-refractivity contribution in [1.82, 2.24) is 5.32 Å². The number of ether oxygens (including phenoxy) is 1. The molecule has 0 aromatic heterocycles. The Kier molecular flexibility index (Phi) is 38.5. The molecule has 2 atom stereocenters. The van der Waals surface area contributed by atoms with Crippen LogP contribution < -0.4 is 5.32 Å². The van der Waals surface area contributed by atoms with Gasteiger partial charge in [-0.3, -0.25) is 18.6 Å². The van der Waals surface area contributed by atoms with E-state index in [0.717, 1.165) is 51.4 Å². The number of aliphatic hydroxyl groups excluding tert-OH is 1. The first kappa shape index (κ1) is 50.8. The molecule has 0 aromatic rings. The Balaban J connectivity index is 3.54. The lowest BCUT2D eigenvalue weighted by Gasteiger charge is -2.15. The molecule has 9 nitrogen and oxygen atoms in total. The van der Waals surface area contributed by atoms with Crippen LogP contribution in [0.4, 0.5) is 0 Å². The van der Waals surface area contributed by atoms with Crippen LogP contribution in [0.5, 0.6) is 0 Å². The molecule has 0 bridgehead atoms. The summed E-state index contributed by atoms with van der Waals surface area (Å²) in [5, 5.41) is 12.7. The van der Waals surface area contributed by atoms with E-state index in [9.17, 15) is 24.2 Å². The molecule has 0 spiro atoms. The van der Waals surface area contributed by atoms with Crippen LogP contribution in [-0.4, -0.2) is 54.3 Å². The zero-order chi connectivity index (χ0) is 38.2. The molecule has 0 aliphatic heterocycles. The Morgan fingerprint density at radius 3 is 1.50 bits per heavy atom. The average molecular weight is 760 g/mol. The van der Waals surface area contributed by atoms with Crippen molar-refractivity contribution in [2.75, 3.05) is 26.4 Å².